The molecule has 0 radical (unpaired) electrons. The van der Waals surface area contributed by atoms with Crippen molar-refractivity contribution in [3.8, 4) is 27.8 Å². The second-order valence-electron chi connectivity index (χ2n) is 5.90. The minimum Gasteiger partial charge on any atom is -0.477 e. The summed E-state index contributed by atoms with van der Waals surface area (Å²) in [5, 5.41) is 19.3. The molecule has 124 valence electrons. The first kappa shape index (κ1) is 15.6. The summed E-state index contributed by atoms with van der Waals surface area (Å²) in [6.07, 6.45) is 0. The standard InChI is InChI=1S/C20H16N2O2S/c1-11-6-12(2)8-15(7-11)17-5-4-14(9-16(17)10-21)19-22-13(3)18(25-19)20(23)24/h4-9H,1-3H3,(H,23,24)/i5D. The van der Waals surface area contributed by atoms with Gasteiger partial charge in [0.1, 0.15) is 9.88 Å². The Morgan fingerprint density at radius 3 is 2.44 bits per heavy atom. The molecule has 0 amide bonds. The molecule has 0 spiro atoms. The lowest BCUT2D eigenvalue weighted by molar-refractivity contribution is 0.0701. The number of thiazole rings is 1. The van der Waals surface area contributed by atoms with E-state index in [1.54, 1.807) is 19.1 Å². The van der Waals surface area contributed by atoms with Crippen molar-refractivity contribution in [3.05, 3.63) is 63.6 Å². The molecule has 3 aromatic rings. The number of rotatable bonds is 3. The number of hydrogen-bond donors (Lipinski definition) is 1. The number of nitrogens with zero attached hydrogens (tertiary/aromatic N) is 2. The van der Waals surface area contributed by atoms with Crippen molar-refractivity contribution in [3.63, 3.8) is 0 Å². The Morgan fingerprint density at radius 2 is 1.88 bits per heavy atom. The maximum Gasteiger partial charge on any atom is 0.347 e. The fourth-order valence-electron chi connectivity index (χ4n) is 2.78. The lowest BCUT2D eigenvalue weighted by Gasteiger charge is -2.08. The average Bonchev–Trinajstić information content (AvgIpc) is 2.95. The summed E-state index contributed by atoms with van der Waals surface area (Å²) < 4.78 is 8.44. The van der Waals surface area contributed by atoms with Gasteiger partial charge in [-0.25, -0.2) is 9.78 Å². The fourth-order valence-corrected chi connectivity index (χ4v) is 3.68. The summed E-state index contributed by atoms with van der Waals surface area (Å²) in [6.45, 7) is 5.60. The molecule has 1 heterocycles. The Balaban J connectivity index is 2.19. The normalized spacial score (nSPS) is 11.0. The van der Waals surface area contributed by atoms with Gasteiger partial charge in [0.25, 0.3) is 0 Å². The highest BCUT2D eigenvalue weighted by atomic mass is 32.1. The van der Waals surface area contributed by atoms with E-state index in [9.17, 15) is 15.2 Å². The quantitative estimate of drug-likeness (QED) is 0.724. The van der Waals surface area contributed by atoms with Crippen LogP contribution in [0.2, 0.25) is 0 Å². The predicted molar refractivity (Wildman–Crippen MR) is 98.9 cm³/mol. The molecule has 0 aliphatic rings. The molecule has 0 saturated heterocycles. The van der Waals surface area contributed by atoms with Crippen LogP contribution in [0.3, 0.4) is 0 Å². The Hall–Kier alpha value is -2.97. The topological polar surface area (TPSA) is 74.0 Å². The van der Waals surface area contributed by atoms with E-state index in [-0.39, 0.29) is 10.9 Å². The van der Waals surface area contributed by atoms with Gasteiger partial charge in [0.05, 0.1) is 18.7 Å². The monoisotopic (exact) mass is 349 g/mol. The maximum absolute atomic E-state index is 11.2. The van der Waals surface area contributed by atoms with Crippen molar-refractivity contribution < 1.29 is 11.3 Å². The Labute approximate surface area is 151 Å². The van der Waals surface area contributed by atoms with Crippen LogP contribution < -0.4 is 0 Å². The zero-order valence-corrected chi connectivity index (χ0v) is 14.9. The van der Waals surface area contributed by atoms with E-state index < -0.39 is 5.97 Å². The van der Waals surface area contributed by atoms with Gasteiger partial charge in [0, 0.05) is 5.56 Å². The lowest BCUT2D eigenvalue weighted by atomic mass is 9.95. The summed E-state index contributed by atoms with van der Waals surface area (Å²) in [5.74, 6) is -1.02. The number of carboxylic acid groups (broad SMARTS) is 1. The van der Waals surface area contributed by atoms with E-state index >= 15 is 0 Å². The van der Waals surface area contributed by atoms with E-state index in [0.717, 1.165) is 28.0 Å². The van der Waals surface area contributed by atoms with Crippen LogP contribution >= 0.6 is 11.3 Å². The van der Waals surface area contributed by atoms with Crippen LogP contribution in [0.5, 0.6) is 0 Å². The van der Waals surface area contributed by atoms with Gasteiger partial charge in [-0.1, -0.05) is 41.4 Å². The van der Waals surface area contributed by atoms with Crippen LogP contribution in [0, 0.1) is 32.1 Å². The number of aryl methyl sites for hydroxylation is 3. The highest BCUT2D eigenvalue weighted by Crippen LogP contribution is 2.32. The van der Waals surface area contributed by atoms with E-state index in [1.165, 1.54) is 0 Å². The maximum atomic E-state index is 11.2. The zero-order chi connectivity index (χ0) is 19.0. The third kappa shape index (κ3) is 3.30. The van der Waals surface area contributed by atoms with Crippen molar-refractivity contribution in [2.45, 2.75) is 20.8 Å². The number of aromatic carboxylic acids is 1. The molecule has 1 N–H and O–H groups in total. The highest BCUT2D eigenvalue weighted by molar-refractivity contribution is 7.17. The molecule has 0 fully saturated rings. The van der Waals surface area contributed by atoms with E-state index in [4.69, 9.17) is 1.37 Å². The summed E-state index contributed by atoms with van der Waals surface area (Å²) in [5.41, 5.74) is 4.93. The van der Waals surface area contributed by atoms with Gasteiger partial charge in [-0.2, -0.15) is 5.26 Å². The Kier molecular flexibility index (Phi) is 4.04. The molecule has 0 aliphatic carbocycles. The first-order valence-corrected chi connectivity index (χ1v) is 8.46. The third-order valence-corrected chi connectivity index (χ3v) is 5.00. The first-order valence-electron chi connectivity index (χ1n) is 8.14. The minimum absolute atomic E-state index is 0.170. The van der Waals surface area contributed by atoms with Gasteiger partial charge in [-0.3, -0.25) is 0 Å². The molecule has 3 rings (SSSR count). The second-order valence-corrected chi connectivity index (χ2v) is 6.90. The van der Waals surface area contributed by atoms with Crippen LogP contribution in [0.4, 0.5) is 0 Å². The van der Waals surface area contributed by atoms with E-state index in [2.05, 4.69) is 11.1 Å². The molecule has 0 atom stereocenters. The number of hydrogen-bond acceptors (Lipinski definition) is 4. The average molecular weight is 349 g/mol. The van der Waals surface area contributed by atoms with Crippen molar-refractivity contribution in [1.29, 1.82) is 5.26 Å². The molecule has 5 heteroatoms. The van der Waals surface area contributed by atoms with Crippen molar-refractivity contribution in [1.82, 2.24) is 4.98 Å². The van der Waals surface area contributed by atoms with Gasteiger partial charge in [0.15, 0.2) is 0 Å². The highest BCUT2D eigenvalue weighted by Gasteiger charge is 2.16. The van der Waals surface area contributed by atoms with Crippen LogP contribution in [0.1, 0.15) is 33.4 Å². The molecule has 4 nitrogen and oxygen atoms in total. The predicted octanol–water partition coefficient (Wildman–Crippen LogP) is 4.97. The second kappa shape index (κ2) is 6.50. The van der Waals surface area contributed by atoms with Crippen LogP contribution in [-0.4, -0.2) is 16.1 Å². The molecule has 0 aliphatic heterocycles. The van der Waals surface area contributed by atoms with Crippen molar-refractivity contribution in [2.75, 3.05) is 0 Å². The lowest BCUT2D eigenvalue weighted by Crippen LogP contribution is -1.94. The van der Waals surface area contributed by atoms with Crippen LogP contribution in [-0.2, 0) is 0 Å². The fraction of sp³-hybridized carbons (Fsp3) is 0.150. The molecule has 2 aromatic carbocycles. The van der Waals surface area contributed by atoms with Crippen molar-refractivity contribution >= 4 is 17.3 Å². The third-order valence-electron chi connectivity index (χ3n) is 3.81. The number of benzene rings is 2. The summed E-state index contributed by atoms with van der Waals surface area (Å²) in [4.78, 5) is 15.7. The number of carbonyl (C=O) groups is 1. The molecular formula is C20H16N2O2S. The smallest absolute Gasteiger partial charge is 0.347 e. The number of nitriles is 1. The van der Waals surface area contributed by atoms with Crippen molar-refractivity contribution in [2.24, 2.45) is 0 Å². The zero-order valence-electron chi connectivity index (χ0n) is 15.0. The molecule has 1 aromatic heterocycles. The van der Waals surface area contributed by atoms with E-state index in [1.807, 2.05) is 32.0 Å². The number of aromatic nitrogens is 1. The summed E-state index contributed by atoms with van der Waals surface area (Å²) in [7, 11) is 0. The van der Waals surface area contributed by atoms with Gasteiger partial charge in [-0.05, 0) is 38.0 Å². The minimum atomic E-state index is -1.02. The largest absolute Gasteiger partial charge is 0.477 e. The van der Waals surface area contributed by atoms with Gasteiger partial charge >= 0.3 is 5.97 Å². The summed E-state index contributed by atoms with van der Waals surface area (Å²) >= 11 is 1.05. The van der Waals surface area contributed by atoms with Crippen LogP contribution in [0.15, 0.2) is 36.4 Å². The number of carboxylic acids is 1. The Morgan fingerprint density at radius 1 is 1.20 bits per heavy atom. The molecular weight excluding hydrogens is 332 g/mol. The van der Waals surface area contributed by atoms with Gasteiger partial charge < -0.3 is 5.11 Å². The first-order chi connectivity index (χ1) is 12.3. The van der Waals surface area contributed by atoms with Gasteiger partial charge in [0.2, 0.25) is 0 Å². The molecule has 0 unspecified atom stereocenters. The van der Waals surface area contributed by atoms with Gasteiger partial charge in [-0.15, -0.1) is 11.3 Å². The Bertz CT molecular complexity index is 1060. The SMILES string of the molecule is [2H]c1cc(-c2nc(C)c(C(=O)O)s2)cc(C#N)c1-c1cc(C)cc(C)c1. The van der Waals surface area contributed by atoms with E-state index in [0.29, 0.717) is 27.4 Å². The molecule has 0 saturated carbocycles. The summed E-state index contributed by atoms with van der Waals surface area (Å²) in [6, 6.07) is 11.6. The molecule has 25 heavy (non-hydrogen) atoms. The van der Waals surface area contributed by atoms with Crippen LogP contribution in [0.25, 0.3) is 21.7 Å². The molecule has 0 bridgehead atoms.